The van der Waals surface area contributed by atoms with E-state index in [2.05, 4.69) is 9.97 Å². The largest absolute Gasteiger partial charge is 0.755 e. The molecule has 4 aromatic rings. The molecule has 1 unspecified atom stereocenters. The number of H-pyrrole nitrogens is 1. The minimum absolute atomic E-state index is 0.0446. The van der Waals surface area contributed by atoms with Gasteiger partial charge in [0.1, 0.15) is 11.5 Å². The van der Waals surface area contributed by atoms with Gasteiger partial charge in [0.25, 0.3) is 0 Å². The van der Waals surface area contributed by atoms with Crippen LogP contribution in [0.25, 0.3) is 22.2 Å². The molecule has 0 aliphatic carbocycles. The first kappa shape index (κ1) is 24.2. The van der Waals surface area contributed by atoms with Gasteiger partial charge in [-0.3, -0.25) is 18.1 Å². The van der Waals surface area contributed by atoms with Crippen molar-refractivity contribution in [1.82, 2.24) is 9.97 Å². The van der Waals surface area contributed by atoms with Crippen LogP contribution in [0, 0.1) is 11.6 Å². The van der Waals surface area contributed by atoms with E-state index >= 15 is 4.39 Å². The number of carbonyl (C=O) groups excluding carboxylic acids is 2. The monoisotopic (exact) mass is 497 g/mol. The van der Waals surface area contributed by atoms with Crippen molar-refractivity contribution in [3.63, 3.8) is 0 Å². The summed E-state index contributed by atoms with van der Waals surface area (Å²) in [4.78, 5) is 31.9. The van der Waals surface area contributed by atoms with E-state index in [-0.39, 0.29) is 17.7 Å². The van der Waals surface area contributed by atoms with Gasteiger partial charge in [-0.2, -0.15) is 0 Å². The lowest BCUT2D eigenvalue weighted by Crippen LogP contribution is -2.28. The van der Waals surface area contributed by atoms with Crippen molar-refractivity contribution in [2.24, 2.45) is 5.73 Å². The second-order valence-corrected chi connectivity index (χ2v) is 8.55. The molecule has 0 saturated heterocycles. The van der Waals surface area contributed by atoms with E-state index in [1.54, 1.807) is 37.3 Å². The number of halogens is 2. The maximum absolute atomic E-state index is 15.3. The van der Waals surface area contributed by atoms with Crippen molar-refractivity contribution in [3.05, 3.63) is 83.2 Å². The molecule has 0 aliphatic rings. The highest BCUT2D eigenvalue weighted by molar-refractivity contribution is 7.80. The van der Waals surface area contributed by atoms with Gasteiger partial charge in [0.05, 0.1) is 11.3 Å². The molecule has 2 aromatic heterocycles. The van der Waals surface area contributed by atoms with Crippen LogP contribution >= 0.6 is 0 Å². The molecule has 0 fully saturated rings. The van der Waals surface area contributed by atoms with Gasteiger partial charge in [0.15, 0.2) is 5.82 Å². The van der Waals surface area contributed by atoms with Gasteiger partial charge in [-0.15, -0.1) is 0 Å². The Balaban J connectivity index is 1.82. The Morgan fingerprint density at radius 2 is 1.94 bits per heavy atom. The van der Waals surface area contributed by atoms with Gasteiger partial charge in [-0.25, -0.2) is 13.8 Å². The van der Waals surface area contributed by atoms with Crippen LogP contribution in [0.1, 0.15) is 39.6 Å². The number of nitrogens with zero attached hydrogens (tertiary/aromatic N) is 2. The summed E-state index contributed by atoms with van der Waals surface area (Å²) in [6.45, 7) is 1.65. The summed E-state index contributed by atoms with van der Waals surface area (Å²) in [6, 6.07) is 9.91. The predicted molar refractivity (Wildman–Crippen MR) is 126 cm³/mol. The number of nitrogens with two attached hydrogens (primary N) is 1. The highest BCUT2D eigenvalue weighted by atomic mass is 32.2. The second-order valence-electron chi connectivity index (χ2n) is 7.67. The molecule has 2 heterocycles. The van der Waals surface area contributed by atoms with Gasteiger partial charge in [0.2, 0.25) is 11.7 Å². The lowest BCUT2D eigenvalue weighted by atomic mass is 9.99. The first-order chi connectivity index (χ1) is 16.7. The molecule has 2 aromatic carbocycles. The number of primary amides is 1. The molecule has 8 nitrogen and oxygen atoms in total. The summed E-state index contributed by atoms with van der Waals surface area (Å²) >= 11 is -2.82. The van der Waals surface area contributed by atoms with Crippen LogP contribution in [-0.2, 0) is 11.3 Å². The van der Waals surface area contributed by atoms with E-state index < -0.39 is 45.8 Å². The zero-order chi connectivity index (χ0) is 25.3. The lowest BCUT2D eigenvalue weighted by Gasteiger charge is -2.26. The van der Waals surface area contributed by atoms with Gasteiger partial charge >= 0.3 is 0 Å². The molecule has 4 rings (SSSR count). The number of ketones is 1. The summed E-state index contributed by atoms with van der Waals surface area (Å²) < 4.78 is 53.9. The van der Waals surface area contributed by atoms with E-state index in [1.807, 2.05) is 0 Å². The first-order valence-electron chi connectivity index (χ1n) is 10.5. The lowest BCUT2D eigenvalue weighted by molar-refractivity contribution is 0.0998. The Hall–Kier alpha value is -3.96. The minimum atomic E-state index is -2.82. The number of pyridine rings is 1. The number of nitrogens with one attached hydrogen (secondary N) is 1. The number of carbonyl (C=O) groups is 2. The highest BCUT2D eigenvalue weighted by Crippen LogP contribution is 2.31. The third kappa shape index (κ3) is 4.55. The fourth-order valence-electron chi connectivity index (χ4n) is 3.76. The van der Waals surface area contributed by atoms with Crippen molar-refractivity contribution in [1.29, 1.82) is 0 Å². The Bertz CT molecular complexity index is 1490. The van der Waals surface area contributed by atoms with Crippen molar-refractivity contribution in [3.8, 4) is 11.1 Å². The molecular formula is C24H19F2N4O4S-. The molecular weight excluding hydrogens is 478 g/mol. The number of aromatic amines is 1. The molecule has 0 radical (unpaired) electrons. The standard InChI is InChI=1S/C24H20F2N4O4S/c1-2-8-30(35(33)34)19-7-6-18(25)20(21(19)26)22(31)17-12-29-24-16(17)10-15(11-28-24)13-4-3-5-14(9-13)23(27)32/h3-7,9-12H,2,8H2,1H3,(H2,27,32)(H,28,29)(H,33,34)/p-1. The normalized spacial score (nSPS) is 12.0. The molecule has 3 N–H and O–H groups in total. The topological polar surface area (TPSA) is 132 Å². The summed E-state index contributed by atoms with van der Waals surface area (Å²) in [7, 11) is 0. The molecule has 1 atom stereocenters. The average molecular weight is 498 g/mol. The molecule has 0 aliphatic heterocycles. The van der Waals surface area contributed by atoms with Crippen LogP contribution in [0.15, 0.2) is 54.9 Å². The SMILES string of the molecule is CCCN(c1ccc(F)c(C(=O)c2c[nH]c3ncc(-c4cccc(C(N)=O)c4)cc23)c1F)S(=O)[O-]. The third-order valence-electron chi connectivity index (χ3n) is 5.43. The molecule has 35 heavy (non-hydrogen) atoms. The highest BCUT2D eigenvalue weighted by Gasteiger charge is 2.26. The van der Waals surface area contributed by atoms with E-state index in [9.17, 15) is 22.7 Å². The van der Waals surface area contributed by atoms with Crippen LogP contribution in [0.5, 0.6) is 0 Å². The molecule has 180 valence electrons. The number of hydrogen-bond donors (Lipinski definition) is 2. The number of benzene rings is 2. The van der Waals surface area contributed by atoms with Gasteiger partial charge < -0.3 is 15.3 Å². The smallest absolute Gasteiger partial charge is 0.248 e. The van der Waals surface area contributed by atoms with Gasteiger partial charge in [0, 0.05) is 52.3 Å². The number of fused-ring (bicyclic) bond motifs is 1. The van der Waals surface area contributed by atoms with Crippen molar-refractivity contribution in [2.75, 3.05) is 10.8 Å². The minimum Gasteiger partial charge on any atom is -0.755 e. The predicted octanol–water partition coefficient (Wildman–Crippen LogP) is 3.85. The maximum Gasteiger partial charge on any atom is 0.248 e. The molecule has 1 amide bonds. The van der Waals surface area contributed by atoms with Gasteiger partial charge in [-0.05, 0) is 42.3 Å². The Labute approximate surface area is 201 Å². The number of hydrogen-bond acceptors (Lipinski definition) is 5. The summed E-state index contributed by atoms with van der Waals surface area (Å²) in [5, 5.41) is 0.291. The van der Waals surface area contributed by atoms with Gasteiger partial charge in [-0.1, -0.05) is 19.1 Å². The Kier molecular flexibility index (Phi) is 6.72. The fraction of sp³-hybridized carbons (Fsp3) is 0.125. The van der Waals surface area contributed by atoms with Crippen molar-refractivity contribution >= 4 is 39.7 Å². The van der Waals surface area contributed by atoms with Crippen LogP contribution in [-0.4, -0.2) is 37.0 Å². The van der Waals surface area contributed by atoms with Crippen molar-refractivity contribution in [2.45, 2.75) is 13.3 Å². The summed E-state index contributed by atoms with van der Waals surface area (Å²) in [5.74, 6) is -4.00. The molecule has 0 bridgehead atoms. The quantitative estimate of drug-likeness (QED) is 0.282. The number of aromatic nitrogens is 2. The fourth-order valence-corrected chi connectivity index (χ4v) is 4.39. The van der Waals surface area contributed by atoms with Crippen LogP contribution in [0.3, 0.4) is 0 Å². The molecule has 11 heteroatoms. The average Bonchev–Trinajstić information content (AvgIpc) is 3.26. The zero-order valence-corrected chi connectivity index (χ0v) is 19.2. The summed E-state index contributed by atoms with van der Waals surface area (Å²) in [6.07, 6.45) is 3.17. The van der Waals surface area contributed by atoms with Crippen LogP contribution in [0.2, 0.25) is 0 Å². The zero-order valence-electron chi connectivity index (χ0n) is 18.4. The van der Waals surface area contributed by atoms with Crippen molar-refractivity contribution < 1.29 is 27.1 Å². The Morgan fingerprint density at radius 3 is 2.63 bits per heavy atom. The Morgan fingerprint density at radius 1 is 1.17 bits per heavy atom. The number of anilines is 1. The number of amides is 1. The molecule has 0 spiro atoms. The first-order valence-corrected chi connectivity index (χ1v) is 11.5. The second kappa shape index (κ2) is 9.72. The third-order valence-corrected chi connectivity index (χ3v) is 6.17. The molecule has 0 saturated carbocycles. The van der Waals surface area contributed by atoms with E-state index in [1.165, 1.54) is 12.4 Å². The maximum atomic E-state index is 15.3. The van der Waals surface area contributed by atoms with E-state index in [0.29, 0.717) is 28.6 Å². The van der Waals surface area contributed by atoms with Crippen LogP contribution < -0.4 is 10.0 Å². The van der Waals surface area contributed by atoms with Crippen LogP contribution in [0.4, 0.5) is 14.5 Å². The summed E-state index contributed by atoms with van der Waals surface area (Å²) in [5.41, 5.74) is 5.71. The number of rotatable bonds is 8. The van der Waals surface area contributed by atoms with E-state index in [0.717, 1.165) is 16.4 Å². The van der Waals surface area contributed by atoms with E-state index in [4.69, 9.17) is 5.73 Å².